The normalized spacial score (nSPS) is 29.5. The first-order valence-corrected chi connectivity index (χ1v) is 12.6. The van der Waals surface area contributed by atoms with Gasteiger partial charge in [-0.05, 0) is 85.3 Å². The summed E-state index contributed by atoms with van der Waals surface area (Å²) in [5.41, 5.74) is 2.14. The fourth-order valence-corrected chi connectivity index (χ4v) is 7.47. The van der Waals surface area contributed by atoms with E-state index in [1.807, 2.05) is 11.4 Å². The van der Waals surface area contributed by atoms with Gasteiger partial charge in [0.2, 0.25) is 11.8 Å². The molecular formula is C26H32N2O2S. The van der Waals surface area contributed by atoms with E-state index in [4.69, 9.17) is 0 Å². The highest BCUT2D eigenvalue weighted by atomic mass is 32.1. The Morgan fingerprint density at radius 2 is 1.68 bits per heavy atom. The second kappa shape index (κ2) is 8.42. The van der Waals surface area contributed by atoms with Gasteiger partial charge in [0.05, 0.1) is 12.6 Å². The smallest absolute Gasteiger partial charge is 0.240 e. The number of benzene rings is 1. The average Bonchev–Trinajstić information content (AvgIpc) is 3.29. The summed E-state index contributed by atoms with van der Waals surface area (Å²) in [6.45, 7) is 2.19. The van der Waals surface area contributed by atoms with Gasteiger partial charge in [-0.25, -0.2) is 0 Å². The van der Waals surface area contributed by atoms with Crippen molar-refractivity contribution in [3.05, 3.63) is 57.8 Å². The quantitative estimate of drug-likeness (QED) is 0.652. The van der Waals surface area contributed by atoms with E-state index in [2.05, 4.69) is 47.9 Å². The van der Waals surface area contributed by atoms with Crippen molar-refractivity contribution >= 4 is 23.2 Å². The van der Waals surface area contributed by atoms with Crippen LogP contribution in [0.25, 0.3) is 0 Å². The number of hydrogen-bond acceptors (Lipinski definition) is 3. The van der Waals surface area contributed by atoms with E-state index in [0.717, 1.165) is 53.9 Å². The highest BCUT2D eigenvalue weighted by Gasteiger charge is 2.54. The summed E-state index contributed by atoms with van der Waals surface area (Å²) in [5, 5.41) is 8.20. The van der Waals surface area contributed by atoms with Crippen molar-refractivity contribution < 1.29 is 9.59 Å². The van der Waals surface area contributed by atoms with Crippen LogP contribution in [0, 0.1) is 23.2 Å². The summed E-state index contributed by atoms with van der Waals surface area (Å²) < 4.78 is 0. The van der Waals surface area contributed by atoms with E-state index >= 15 is 0 Å². The van der Waals surface area contributed by atoms with Crippen LogP contribution in [-0.2, 0) is 16.0 Å². The number of nitrogens with one attached hydrogen (secondary N) is 2. The van der Waals surface area contributed by atoms with Crippen LogP contribution in [0.3, 0.4) is 0 Å². The van der Waals surface area contributed by atoms with Gasteiger partial charge >= 0.3 is 0 Å². The minimum absolute atomic E-state index is 0.0511. The van der Waals surface area contributed by atoms with Crippen LogP contribution in [0.1, 0.15) is 67.5 Å². The number of hydrogen-bond donors (Lipinski definition) is 2. The van der Waals surface area contributed by atoms with Crippen LogP contribution in [0.2, 0.25) is 0 Å². The molecule has 2 N–H and O–H groups in total. The molecule has 1 atom stereocenters. The van der Waals surface area contributed by atoms with Gasteiger partial charge in [-0.15, -0.1) is 11.3 Å². The molecule has 0 aliphatic heterocycles. The van der Waals surface area contributed by atoms with Crippen molar-refractivity contribution in [1.29, 1.82) is 0 Å². The van der Waals surface area contributed by atoms with E-state index in [9.17, 15) is 9.59 Å². The van der Waals surface area contributed by atoms with Crippen LogP contribution < -0.4 is 10.6 Å². The molecule has 4 aliphatic rings. The highest BCUT2D eigenvalue weighted by Crippen LogP contribution is 2.60. The third-order valence-electron chi connectivity index (χ3n) is 7.78. The van der Waals surface area contributed by atoms with Gasteiger partial charge in [0.15, 0.2) is 0 Å². The predicted octanol–water partition coefficient (Wildman–Crippen LogP) is 4.85. The summed E-state index contributed by atoms with van der Waals surface area (Å²) in [6, 6.07) is 12.3. The molecule has 1 aromatic carbocycles. The molecule has 0 spiro atoms. The second-order valence-corrected chi connectivity index (χ2v) is 11.0. The lowest BCUT2D eigenvalue weighted by Gasteiger charge is -2.55. The van der Waals surface area contributed by atoms with Crippen molar-refractivity contribution in [2.75, 3.05) is 6.54 Å². The van der Waals surface area contributed by atoms with Gasteiger partial charge in [-0.2, -0.15) is 0 Å². The summed E-state index contributed by atoms with van der Waals surface area (Å²) in [5.74, 6) is 2.15. The molecule has 2 amide bonds. The molecule has 5 heteroatoms. The Bertz CT molecular complexity index is 900. The summed E-state index contributed by atoms with van der Waals surface area (Å²) in [4.78, 5) is 27.1. The van der Waals surface area contributed by atoms with Crippen LogP contribution >= 0.6 is 11.3 Å². The lowest BCUT2D eigenvalue weighted by molar-refractivity contribution is -0.147. The Kier molecular flexibility index (Phi) is 5.63. The lowest BCUT2D eigenvalue weighted by Crippen LogP contribution is -2.54. The van der Waals surface area contributed by atoms with Crippen molar-refractivity contribution in [3.63, 3.8) is 0 Å². The van der Waals surface area contributed by atoms with Crippen molar-refractivity contribution in [2.45, 2.75) is 57.9 Å². The average molecular weight is 437 g/mol. The molecule has 4 fully saturated rings. The minimum Gasteiger partial charge on any atom is -0.347 e. The van der Waals surface area contributed by atoms with E-state index in [1.54, 1.807) is 11.3 Å². The number of thiophene rings is 1. The molecule has 164 valence electrons. The minimum atomic E-state index is -0.210. The Morgan fingerprint density at radius 3 is 2.23 bits per heavy atom. The van der Waals surface area contributed by atoms with Crippen LogP contribution in [0.5, 0.6) is 0 Å². The third-order valence-corrected chi connectivity index (χ3v) is 8.72. The van der Waals surface area contributed by atoms with Gasteiger partial charge in [-0.1, -0.05) is 37.3 Å². The maximum Gasteiger partial charge on any atom is 0.240 e. The summed E-state index contributed by atoms with van der Waals surface area (Å²) in [7, 11) is 0. The van der Waals surface area contributed by atoms with Gasteiger partial charge < -0.3 is 10.6 Å². The zero-order chi connectivity index (χ0) is 21.4. The molecule has 0 saturated heterocycles. The number of rotatable bonds is 7. The number of carbonyl (C=O) groups excluding carboxylic acids is 2. The molecule has 1 heterocycles. The van der Waals surface area contributed by atoms with E-state index in [1.165, 1.54) is 24.8 Å². The SMILES string of the molecule is CCc1ccc([C@H](NC(=O)CNC(=O)C23CC4CC(CC(C4)C2)C3)c2cccs2)cc1. The highest BCUT2D eigenvalue weighted by molar-refractivity contribution is 7.10. The topological polar surface area (TPSA) is 58.2 Å². The number of amides is 2. The van der Waals surface area contributed by atoms with Crippen molar-refractivity contribution in [3.8, 4) is 0 Å². The van der Waals surface area contributed by atoms with Crippen LogP contribution in [0.15, 0.2) is 41.8 Å². The molecule has 0 radical (unpaired) electrons. The summed E-state index contributed by atoms with van der Waals surface area (Å²) >= 11 is 1.64. The molecule has 1 aromatic heterocycles. The number of aryl methyl sites for hydroxylation is 1. The van der Waals surface area contributed by atoms with Crippen molar-refractivity contribution in [2.24, 2.45) is 23.2 Å². The summed E-state index contributed by atoms with van der Waals surface area (Å²) in [6.07, 6.45) is 7.99. The monoisotopic (exact) mass is 436 g/mol. The fraction of sp³-hybridized carbons (Fsp3) is 0.538. The predicted molar refractivity (Wildman–Crippen MR) is 124 cm³/mol. The zero-order valence-corrected chi connectivity index (χ0v) is 19.0. The first kappa shape index (κ1) is 20.7. The Labute approximate surface area is 188 Å². The standard InChI is InChI=1S/C26H32N2O2S/c1-2-17-5-7-21(8-6-17)24(22-4-3-9-31-22)28-23(29)16-27-25(30)26-13-18-10-19(14-26)12-20(11-18)15-26/h3-9,18-20,24H,2,10-16H2,1H3,(H,27,30)(H,28,29)/t18?,19?,20?,24-,26?/m0/s1. The second-order valence-electron chi connectivity index (χ2n) is 9.99. The van der Waals surface area contributed by atoms with Gasteiger partial charge in [0, 0.05) is 10.3 Å². The van der Waals surface area contributed by atoms with Crippen LogP contribution in [0.4, 0.5) is 0 Å². The zero-order valence-electron chi connectivity index (χ0n) is 18.2. The lowest BCUT2D eigenvalue weighted by atomic mass is 9.49. The molecule has 4 saturated carbocycles. The van der Waals surface area contributed by atoms with Crippen LogP contribution in [-0.4, -0.2) is 18.4 Å². The molecule has 4 nitrogen and oxygen atoms in total. The third kappa shape index (κ3) is 4.17. The molecule has 2 aromatic rings. The molecule has 31 heavy (non-hydrogen) atoms. The maximum atomic E-state index is 13.2. The first-order valence-electron chi connectivity index (χ1n) is 11.7. The number of carbonyl (C=O) groups is 2. The van der Waals surface area contributed by atoms with E-state index < -0.39 is 0 Å². The first-order chi connectivity index (χ1) is 15.0. The molecular weight excluding hydrogens is 404 g/mol. The molecule has 0 unspecified atom stereocenters. The fourth-order valence-electron chi connectivity index (χ4n) is 6.67. The Hall–Kier alpha value is -2.14. The molecule has 6 rings (SSSR count). The Balaban J connectivity index is 1.23. The maximum absolute atomic E-state index is 13.2. The van der Waals surface area contributed by atoms with Gasteiger partial charge in [-0.3, -0.25) is 9.59 Å². The van der Waals surface area contributed by atoms with E-state index in [-0.39, 0.29) is 29.8 Å². The van der Waals surface area contributed by atoms with E-state index in [0.29, 0.717) is 0 Å². The van der Waals surface area contributed by atoms with Crippen molar-refractivity contribution in [1.82, 2.24) is 10.6 Å². The molecule has 4 bridgehead atoms. The molecule has 4 aliphatic carbocycles. The van der Waals surface area contributed by atoms with Gasteiger partial charge in [0.25, 0.3) is 0 Å². The largest absolute Gasteiger partial charge is 0.347 e. The van der Waals surface area contributed by atoms with Gasteiger partial charge in [0.1, 0.15) is 0 Å². The Morgan fingerprint density at radius 1 is 1.03 bits per heavy atom.